The van der Waals surface area contributed by atoms with Crippen molar-refractivity contribution in [2.45, 2.75) is 25.4 Å². The number of ether oxygens (including phenoxy) is 1. The number of nitrogens with one attached hydrogen (secondary N) is 2. The van der Waals surface area contributed by atoms with Crippen LogP contribution < -0.4 is 16.4 Å². The van der Waals surface area contributed by atoms with Crippen molar-refractivity contribution in [1.29, 1.82) is 0 Å². The van der Waals surface area contributed by atoms with E-state index in [1.54, 1.807) is 24.3 Å². The molecule has 0 radical (unpaired) electrons. The van der Waals surface area contributed by atoms with Crippen molar-refractivity contribution in [3.05, 3.63) is 29.8 Å². The topological polar surface area (TPSA) is 93.5 Å². The van der Waals surface area contributed by atoms with Gasteiger partial charge in [-0.05, 0) is 44.0 Å². The molecule has 1 fully saturated rings. The third-order valence-corrected chi connectivity index (χ3v) is 3.28. The van der Waals surface area contributed by atoms with E-state index in [9.17, 15) is 9.59 Å². The van der Waals surface area contributed by atoms with E-state index in [1.807, 2.05) is 0 Å². The van der Waals surface area contributed by atoms with Crippen LogP contribution in [-0.4, -0.2) is 37.6 Å². The van der Waals surface area contributed by atoms with Crippen LogP contribution >= 0.6 is 0 Å². The van der Waals surface area contributed by atoms with Gasteiger partial charge in [0.2, 0.25) is 0 Å². The molecule has 1 heterocycles. The van der Waals surface area contributed by atoms with E-state index >= 15 is 0 Å². The van der Waals surface area contributed by atoms with Crippen molar-refractivity contribution in [2.75, 3.05) is 25.0 Å². The van der Waals surface area contributed by atoms with Crippen LogP contribution in [0.15, 0.2) is 24.3 Å². The van der Waals surface area contributed by atoms with Crippen LogP contribution in [0.5, 0.6) is 0 Å². The van der Waals surface area contributed by atoms with E-state index in [0.29, 0.717) is 30.9 Å². The van der Waals surface area contributed by atoms with E-state index in [2.05, 4.69) is 10.6 Å². The summed E-state index contributed by atoms with van der Waals surface area (Å²) in [4.78, 5) is 23.9. The minimum absolute atomic E-state index is 0.159. The molecule has 1 atom stereocenters. The molecule has 0 aromatic heterocycles. The number of hydrogen-bond acceptors (Lipinski definition) is 4. The van der Waals surface area contributed by atoms with Gasteiger partial charge in [0, 0.05) is 24.4 Å². The third kappa shape index (κ3) is 4.54. The van der Waals surface area contributed by atoms with Crippen LogP contribution in [0.2, 0.25) is 0 Å². The first kappa shape index (κ1) is 15.5. The standard InChI is InChI=1S/C15H21N3O3/c16-7-3-8-17-14(19)11-4-1-5-12(10-11)18-15(20)13-6-2-9-21-13/h1,4-5,10,13H,2-3,6-9,16H2,(H,17,19)(H,18,20). The molecular weight excluding hydrogens is 270 g/mol. The lowest BCUT2D eigenvalue weighted by molar-refractivity contribution is -0.124. The van der Waals surface area contributed by atoms with Gasteiger partial charge in [-0.1, -0.05) is 6.07 Å². The van der Waals surface area contributed by atoms with Gasteiger partial charge in [0.15, 0.2) is 0 Å². The number of carbonyl (C=O) groups is 2. The van der Waals surface area contributed by atoms with Gasteiger partial charge in [-0.2, -0.15) is 0 Å². The molecule has 1 unspecified atom stereocenters. The maximum atomic E-state index is 12.0. The quantitative estimate of drug-likeness (QED) is 0.678. The average molecular weight is 291 g/mol. The number of carbonyl (C=O) groups excluding carboxylic acids is 2. The van der Waals surface area contributed by atoms with Crippen molar-refractivity contribution in [3.8, 4) is 0 Å². The Morgan fingerprint density at radius 2 is 2.24 bits per heavy atom. The van der Waals surface area contributed by atoms with Gasteiger partial charge in [-0.15, -0.1) is 0 Å². The second-order valence-corrected chi connectivity index (χ2v) is 4.97. The van der Waals surface area contributed by atoms with E-state index in [1.165, 1.54) is 0 Å². The fourth-order valence-electron chi connectivity index (χ4n) is 2.15. The molecule has 0 aliphatic carbocycles. The molecule has 1 aliphatic rings. The molecular formula is C15H21N3O3. The minimum atomic E-state index is -0.382. The Labute approximate surface area is 124 Å². The average Bonchev–Trinajstić information content (AvgIpc) is 3.02. The van der Waals surface area contributed by atoms with Crippen LogP contribution in [0, 0.1) is 0 Å². The molecule has 21 heavy (non-hydrogen) atoms. The number of anilines is 1. The molecule has 2 rings (SSSR count). The Morgan fingerprint density at radius 1 is 1.38 bits per heavy atom. The van der Waals surface area contributed by atoms with Crippen LogP contribution in [0.1, 0.15) is 29.6 Å². The molecule has 1 saturated heterocycles. The Kier molecular flexibility index (Phi) is 5.71. The van der Waals surface area contributed by atoms with Crippen molar-refractivity contribution in [3.63, 3.8) is 0 Å². The highest BCUT2D eigenvalue weighted by molar-refractivity contribution is 5.98. The molecule has 114 valence electrons. The van der Waals surface area contributed by atoms with Gasteiger partial charge in [0.25, 0.3) is 11.8 Å². The predicted octanol–water partition coefficient (Wildman–Crippen LogP) is 0.883. The van der Waals surface area contributed by atoms with Gasteiger partial charge in [0.1, 0.15) is 6.10 Å². The summed E-state index contributed by atoms with van der Waals surface area (Å²) in [5.74, 6) is -0.329. The zero-order chi connectivity index (χ0) is 15.1. The summed E-state index contributed by atoms with van der Waals surface area (Å²) < 4.78 is 5.33. The van der Waals surface area contributed by atoms with Crippen molar-refractivity contribution in [2.24, 2.45) is 5.73 Å². The molecule has 0 spiro atoms. The summed E-state index contributed by atoms with van der Waals surface area (Å²) in [6.45, 7) is 1.71. The summed E-state index contributed by atoms with van der Waals surface area (Å²) in [6.07, 6.45) is 2.00. The third-order valence-electron chi connectivity index (χ3n) is 3.28. The zero-order valence-electron chi connectivity index (χ0n) is 11.9. The highest BCUT2D eigenvalue weighted by Gasteiger charge is 2.23. The molecule has 0 saturated carbocycles. The normalized spacial score (nSPS) is 17.5. The smallest absolute Gasteiger partial charge is 0.253 e. The van der Waals surface area contributed by atoms with Crippen LogP contribution in [0.25, 0.3) is 0 Å². The summed E-state index contributed by atoms with van der Waals surface area (Å²) in [6, 6.07) is 6.86. The van der Waals surface area contributed by atoms with Crippen molar-refractivity contribution < 1.29 is 14.3 Å². The highest BCUT2D eigenvalue weighted by Crippen LogP contribution is 2.16. The Balaban J connectivity index is 1.93. The van der Waals surface area contributed by atoms with E-state index < -0.39 is 0 Å². The van der Waals surface area contributed by atoms with Gasteiger partial charge in [0.05, 0.1) is 0 Å². The fraction of sp³-hybridized carbons (Fsp3) is 0.467. The summed E-state index contributed by atoms with van der Waals surface area (Å²) in [7, 11) is 0. The highest BCUT2D eigenvalue weighted by atomic mass is 16.5. The lowest BCUT2D eigenvalue weighted by atomic mass is 10.1. The Morgan fingerprint density at radius 3 is 2.95 bits per heavy atom. The van der Waals surface area contributed by atoms with E-state index in [4.69, 9.17) is 10.5 Å². The molecule has 4 N–H and O–H groups in total. The molecule has 1 aromatic carbocycles. The van der Waals surface area contributed by atoms with Crippen LogP contribution in [0.4, 0.5) is 5.69 Å². The summed E-state index contributed by atoms with van der Waals surface area (Å²) in [5, 5.41) is 5.56. The number of nitrogens with two attached hydrogens (primary N) is 1. The molecule has 6 heteroatoms. The lowest BCUT2D eigenvalue weighted by Gasteiger charge is -2.11. The van der Waals surface area contributed by atoms with Gasteiger partial charge in [-0.25, -0.2) is 0 Å². The molecule has 2 amide bonds. The van der Waals surface area contributed by atoms with E-state index in [0.717, 1.165) is 19.3 Å². The lowest BCUT2D eigenvalue weighted by Crippen LogP contribution is -2.28. The van der Waals surface area contributed by atoms with Crippen LogP contribution in [-0.2, 0) is 9.53 Å². The Bertz CT molecular complexity index is 499. The minimum Gasteiger partial charge on any atom is -0.368 e. The largest absolute Gasteiger partial charge is 0.368 e. The Hall–Kier alpha value is -1.92. The maximum Gasteiger partial charge on any atom is 0.253 e. The fourth-order valence-corrected chi connectivity index (χ4v) is 2.15. The second-order valence-electron chi connectivity index (χ2n) is 4.97. The number of amides is 2. The molecule has 0 bridgehead atoms. The maximum absolute atomic E-state index is 12.0. The number of hydrogen-bond donors (Lipinski definition) is 3. The number of rotatable bonds is 6. The van der Waals surface area contributed by atoms with Gasteiger partial charge in [-0.3, -0.25) is 9.59 Å². The molecule has 6 nitrogen and oxygen atoms in total. The zero-order valence-corrected chi connectivity index (χ0v) is 11.9. The molecule has 1 aliphatic heterocycles. The SMILES string of the molecule is NCCCNC(=O)c1cccc(NC(=O)C2CCCO2)c1. The first-order chi connectivity index (χ1) is 10.2. The van der Waals surface area contributed by atoms with Gasteiger partial charge >= 0.3 is 0 Å². The van der Waals surface area contributed by atoms with Crippen molar-refractivity contribution in [1.82, 2.24) is 5.32 Å². The van der Waals surface area contributed by atoms with Crippen LogP contribution in [0.3, 0.4) is 0 Å². The number of benzene rings is 1. The first-order valence-electron chi connectivity index (χ1n) is 7.21. The first-order valence-corrected chi connectivity index (χ1v) is 7.21. The summed E-state index contributed by atoms with van der Waals surface area (Å²) >= 11 is 0. The predicted molar refractivity (Wildman–Crippen MR) is 80.1 cm³/mol. The van der Waals surface area contributed by atoms with E-state index in [-0.39, 0.29) is 17.9 Å². The second kappa shape index (κ2) is 7.75. The monoisotopic (exact) mass is 291 g/mol. The molecule has 1 aromatic rings. The van der Waals surface area contributed by atoms with Gasteiger partial charge < -0.3 is 21.1 Å². The van der Waals surface area contributed by atoms with Crippen molar-refractivity contribution >= 4 is 17.5 Å². The summed E-state index contributed by atoms with van der Waals surface area (Å²) in [5.41, 5.74) is 6.49.